The Bertz CT molecular complexity index is 674. The smallest absolute Gasteiger partial charge is 0.0758 e. The van der Waals surface area contributed by atoms with E-state index in [1.54, 1.807) is 11.1 Å². The molecule has 2 fully saturated rings. The lowest BCUT2D eigenvalue weighted by Crippen LogP contribution is -2.56. The van der Waals surface area contributed by atoms with Crippen molar-refractivity contribution in [3.05, 3.63) is 47.6 Å². The van der Waals surface area contributed by atoms with Crippen LogP contribution in [-0.4, -0.2) is 24.8 Å². The third kappa shape index (κ3) is 2.97. The van der Waals surface area contributed by atoms with Crippen molar-refractivity contribution in [2.45, 2.75) is 63.5 Å². The normalized spacial score (nSPS) is 39.8. The summed E-state index contributed by atoms with van der Waals surface area (Å²) in [6.07, 6.45) is 27.4. The maximum atomic E-state index is 5.01. The van der Waals surface area contributed by atoms with Crippen LogP contribution in [0.1, 0.15) is 51.4 Å². The molecule has 5 atom stereocenters. The Morgan fingerprint density at radius 1 is 1.00 bits per heavy atom. The van der Waals surface area contributed by atoms with Crippen molar-refractivity contribution in [3.8, 4) is 0 Å². The molecular formula is C24H32N2. The molecule has 0 aromatic rings. The van der Waals surface area contributed by atoms with Gasteiger partial charge in [0, 0.05) is 24.1 Å². The van der Waals surface area contributed by atoms with E-state index in [1.165, 1.54) is 51.4 Å². The van der Waals surface area contributed by atoms with Crippen molar-refractivity contribution in [2.24, 2.45) is 28.7 Å². The molecule has 5 unspecified atom stereocenters. The van der Waals surface area contributed by atoms with Crippen LogP contribution in [0.2, 0.25) is 0 Å². The van der Waals surface area contributed by atoms with Crippen molar-refractivity contribution in [1.82, 2.24) is 5.32 Å². The molecule has 1 saturated carbocycles. The summed E-state index contributed by atoms with van der Waals surface area (Å²) in [7, 11) is 0. The lowest BCUT2D eigenvalue weighted by atomic mass is 9.64. The van der Waals surface area contributed by atoms with Crippen LogP contribution in [0.25, 0.3) is 0 Å². The van der Waals surface area contributed by atoms with E-state index < -0.39 is 0 Å². The Balaban J connectivity index is 1.42. The predicted octanol–water partition coefficient (Wildman–Crippen LogP) is 5.00. The molecule has 5 aliphatic rings. The van der Waals surface area contributed by atoms with Crippen LogP contribution in [0, 0.1) is 23.7 Å². The van der Waals surface area contributed by atoms with E-state index in [2.05, 4.69) is 48.0 Å². The van der Waals surface area contributed by atoms with Crippen molar-refractivity contribution in [3.63, 3.8) is 0 Å². The van der Waals surface area contributed by atoms with Crippen LogP contribution < -0.4 is 5.32 Å². The molecule has 0 aromatic heterocycles. The van der Waals surface area contributed by atoms with Gasteiger partial charge in [-0.15, -0.1) is 0 Å². The fourth-order valence-corrected chi connectivity index (χ4v) is 6.21. The van der Waals surface area contributed by atoms with E-state index in [1.807, 2.05) is 0 Å². The number of hydrogen-bond donors (Lipinski definition) is 1. The molecule has 2 nitrogen and oxygen atoms in total. The summed E-state index contributed by atoms with van der Waals surface area (Å²) in [5.74, 6) is 2.67. The van der Waals surface area contributed by atoms with Gasteiger partial charge >= 0.3 is 0 Å². The highest BCUT2D eigenvalue weighted by Gasteiger charge is 2.44. The first-order valence-electron chi connectivity index (χ1n) is 10.9. The van der Waals surface area contributed by atoms with Gasteiger partial charge < -0.3 is 5.32 Å². The standard InChI is InChI=1S/C24H32N2/c1-3-7-17(8-4-1)19-13-15-25-23-21(19)11-12-22-20(14-16-26-24(22)23)18-9-5-2-6-10-18/h1,3,7,11-12,14,16,18-19,21-25H,2,4-6,8-10,13,15H2. The molecule has 138 valence electrons. The van der Waals surface area contributed by atoms with Crippen molar-refractivity contribution < 1.29 is 0 Å². The minimum atomic E-state index is 0.412. The lowest BCUT2D eigenvalue weighted by molar-refractivity contribution is 0.197. The van der Waals surface area contributed by atoms with Gasteiger partial charge in [0.05, 0.1) is 6.04 Å². The van der Waals surface area contributed by atoms with Crippen LogP contribution >= 0.6 is 0 Å². The molecule has 2 aliphatic heterocycles. The highest BCUT2D eigenvalue weighted by molar-refractivity contribution is 5.74. The predicted molar refractivity (Wildman–Crippen MR) is 109 cm³/mol. The van der Waals surface area contributed by atoms with Crippen LogP contribution in [0.4, 0.5) is 0 Å². The monoisotopic (exact) mass is 348 g/mol. The quantitative estimate of drug-likeness (QED) is 0.698. The number of dihydropyridines is 1. The van der Waals surface area contributed by atoms with E-state index in [4.69, 9.17) is 4.99 Å². The average Bonchev–Trinajstić information content (AvgIpc) is 2.74. The zero-order valence-electron chi connectivity index (χ0n) is 15.8. The number of piperidine rings is 1. The molecule has 0 spiro atoms. The summed E-state index contributed by atoms with van der Waals surface area (Å²) in [5, 5.41) is 3.88. The van der Waals surface area contributed by atoms with Gasteiger partial charge in [0.25, 0.3) is 0 Å². The van der Waals surface area contributed by atoms with Crippen molar-refractivity contribution in [2.75, 3.05) is 6.54 Å². The molecule has 0 radical (unpaired) electrons. The molecule has 2 heterocycles. The van der Waals surface area contributed by atoms with Crippen LogP contribution in [0.3, 0.4) is 0 Å². The first-order valence-corrected chi connectivity index (χ1v) is 10.9. The SMILES string of the molecule is C1=CCCC(C2CCNC3C2C=CC2C(C4CCCCC4)=CC=NC23)=C1. The number of hydrogen-bond acceptors (Lipinski definition) is 2. The Labute approximate surface area is 158 Å². The Kier molecular flexibility index (Phi) is 4.70. The number of allylic oxidation sites excluding steroid dienone is 5. The maximum absolute atomic E-state index is 5.01. The van der Waals surface area contributed by atoms with Gasteiger partial charge in [-0.3, -0.25) is 4.99 Å². The number of rotatable bonds is 2. The van der Waals surface area contributed by atoms with E-state index in [-0.39, 0.29) is 0 Å². The van der Waals surface area contributed by atoms with Gasteiger partial charge in [-0.2, -0.15) is 0 Å². The lowest BCUT2D eigenvalue weighted by Gasteiger charge is -2.48. The summed E-state index contributed by atoms with van der Waals surface area (Å²) in [5.41, 5.74) is 3.36. The number of nitrogens with zero attached hydrogens (tertiary/aromatic N) is 1. The van der Waals surface area contributed by atoms with Gasteiger partial charge in [-0.1, -0.05) is 60.8 Å². The maximum Gasteiger partial charge on any atom is 0.0758 e. The van der Waals surface area contributed by atoms with E-state index in [0.717, 1.165) is 12.5 Å². The van der Waals surface area contributed by atoms with Gasteiger partial charge in [0.15, 0.2) is 0 Å². The number of nitrogens with one attached hydrogen (secondary N) is 1. The van der Waals surface area contributed by atoms with E-state index >= 15 is 0 Å². The second kappa shape index (κ2) is 7.31. The second-order valence-electron chi connectivity index (χ2n) is 8.86. The third-order valence-electron chi connectivity index (χ3n) is 7.50. The molecule has 5 rings (SSSR count). The Morgan fingerprint density at radius 3 is 2.77 bits per heavy atom. The average molecular weight is 349 g/mol. The van der Waals surface area contributed by atoms with Crippen molar-refractivity contribution in [1.29, 1.82) is 0 Å². The molecule has 1 saturated heterocycles. The van der Waals surface area contributed by atoms with E-state index in [0.29, 0.717) is 29.8 Å². The molecular weight excluding hydrogens is 316 g/mol. The van der Waals surface area contributed by atoms with Crippen LogP contribution in [0.15, 0.2) is 52.6 Å². The minimum Gasteiger partial charge on any atom is -0.311 e. The fraction of sp³-hybridized carbons (Fsp3) is 0.625. The summed E-state index contributed by atoms with van der Waals surface area (Å²) in [6, 6.07) is 0.925. The summed E-state index contributed by atoms with van der Waals surface area (Å²) < 4.78 is 0. The van der Waals surface area contributed by atoms with Gasteiger partial charge in [-0.25, -0.2) is 0 Å². The van der Waals surface area contributed by atoms with Gasteiger partial charge in [0.2, 0.25) is 0 Å². The van der Waals surface area contributed by atoms with Crippen LogP contribution in [0.5, 0.6) is 0 Å². The molecule has 3 aliphatic carbocycles. The fourth-order valence-electron chi connectivity index (χ4n) is 6.21. The molecule has 0 amide bonds. The molecule has 26 heavy (non-hydrogen) atoms. The van der Waals surface area contributed by atoms with E-state index in [9.17, 15) is 0 Å². The Hall–Kier alpha value is -1.41. The zero-order chi connectivity index (χ0) is 17.3. The van der Waals surface area contributed by atoms with Crippen molar-refractivity contribution >= 4 is 6.21 Å². The van der Waals surface area contributed by atoms with Crippen LogP contribution in [-0.2, 0) is 0 Å². The minimum absolute atomic E-state index is 0.412. The molecule has 1 N–H and O–H groups in total. The number of fused-ring (bicyclic) bond motifs is 3. The molecule has 0 aromatic carbocycles. The summed E-state index contributed by atoms with van der Waals surface area (Å²) in [6.45, 7) is 1.14. The highest BCUT2D eigenvalue weighted by Crippen LogP contribution is 2.45. The molecule has 0 bridgehead atoms. The zero-order valence-corrected chi connectivity index (χ0v) is 15.8. The third-order valence-corrected chi connectivity index (χ3v) is 7.50. The topological polar surface area (TPSA) is 24.4 Å². The van der Waals surface area contributed by atoms with Gasteiger partial charge in [-0.05, 0) is 56.6 Å². The summed E-state index contributed by atoms with van der Waals surface area (Å²) >= 11 is 0. The second-order valence-corrected chi connectivity index (χ2v) is 8.86. The van der Waals surface area contributed by atoms with Gasteiger partial charge in [0.1, 0.15) is 0 Å². The number of aliphatic imine (C=N–C) groups is 1. The first-order chi connectivity index (χ1) is 12.9. The largest absolute Gasteiger partial charge is 0.311 e. The Morgan fingerprint density at radius 2 is 1.92 bits per heavy atom. The summed E-state index contributed by atoms with van der Waals surface area (Å²) in [4.78, 5) is 5.01. The first kappa shape index (κ1) is 16.7. The molecule has 2 heteroatoms. The highest BCUT2D eigenvalue weighted by atomic mass is 15.0.